The van der Waals surface area contributed by atoms with Gasteiger partial charge in [-0.1, -0.05) is 6.07 Å². The summed E-state index contributed by atoms with van der Waals surface area (Å²) in [6.07, 6.45) is 0.0442. The highest BCUT2D eigenvalue weighted by atomic mass is 35.5. The van der Waals surface area contributed by atoms with E-state index in [0.29, 0.717) is 0 Å². The zero-order valence-electron chi connectivity index (χ0n) is 7.34. The van der Waals surface area contributed by atoms with E-state index in [0.717, 1.165) is 12.1 Å². The van der Waals surface area contributed by atoms with Gasteiger partial charge in [-0.2, -0.15) is 0 Å². The SMILES string of the molecule is Cl.N[C@H](CCF)c1ccc(F)cc1F. The second-order valence-corrected chi connectivity index (χ2v) is 2.75. The monoisotopic (exact) mass is 225 g/mol. The molecule has 5 heteroatoms. The first-order chi connectivity index (χ1) is 6.15. The third-order valence-corrected chi connectivity index (χ3v) is 1.78. The number of nitrogens with two attached hydrogens (primary N) is 1. The largest absolute Gasteiger partial charge is 0.324 e. The predicted octanol–water partition coefficient (Wildman–Crippen LogP) is 2.75. The molecule has 0 aromatic heterocycles. The van der Waals surface area contributed by atoms with Crippen LogP contribution >= 0.6 is 12.4 Å². The fraction of sp³-hybridized carbons (Fsp3) is 0.333. The average Bonchev–Trinajstić information content (AvgIpc) is 2.04. The van der Waals surface area contributed by atoms with E-state index < -0.39 is 24.4 Å². The minimum atomic E-state index is -0.721. The predicted molar refractivity (Wildman–Crippen MR) is 51.1 cm³/mol. The van der Waals surface area contributed by atoms with Crippen LogP contribution in [0.25, 0.3) is 0 Å². The number of alkyl halides is 1. The number of rotatable bonds is 3. The molecule has 1 atom stereocenters. The van der Waals surface area contributed by atoms with Crippen LogP contribution in [0, 0.1) is 11.6 Å². The van der Waals surface area contributed by atoms with Gasteiger partial charge < -0.3 is 5.73 Å². The third-order valence-electron chi connectivity index (χ3n) is 1.78. The van der Waals surface area contributed by atoms with Crippen LogP contribution in [-0.4, -0.2) is 6.67 Å². The van der Waals surface area contributed by atoms with E-state index in [1.54, 1.807) is 0 Å². The van der Waals surface area contributed by atoms with Crippen molar-refractivity contribution in [1.82, 2.24) is 0 Å². The van der Waals surface area contributed by atoms with Crippen LogP contribution in [0.3, 0.4) is 0 Å². The van der Waals surface area contributed by atoms with E-state index in [4.69, 9.17) is 5.73 Å². The first-order valence-corrected chi connectivity index (χ1v) is 3.91. The van der Waals surface area contributed by atoms with Crippen molar-refractivity contribution in [3.63, 3.8) is 0 Å². The number of hydrogen-bond acceptors (Lipinski definition) is 1. The molecule has 0 unspecified atom stereocenters. The van der Waals surface area contributed by atoms with Crippen molar-refractivity contribution >= 4 is 12.4 Å². The fourth-order valence-electron chi connectivity index (χ4n) is 1.08. The molecule has 0 amide bonds. The molecule has 1 aromatic carbocycles. The first kappa shape index (κ1) is 13.3. The van der Waals surface area contributed by atoms with Crippen molar-refractivity contribution in [1.29, 1.82) is 0 Å². The van der Waals surface area contributed by atoms with Gasteiger partial charge in [-0.3, -0.25) is 4.39 Å². The molecule has 2 N–H and O–H groups in total. The van der Waals surface area contributed by atoms with Gasteiger partial charge in [0.05, 0.1) is 6.67 Å². The second kappa shape index (κ2) is 5.88. The summed E-state index contributed by atoms with van der Waals surface area (Å²) in [4.78, 5) is 0. The van der Waals surface area contributed by atoms with Crippen LogP contribution in [0.15, 0.2) is 18.2 Å². The first-order valence-electron chi connectivity index (χ1n) is 3.91. The van der Waals surface area contributed by atoms with Crippen molar-refractivity contribution in [3.05, 3.63) is 35.4 Å². The van der Waals surface area contributed by atoms with Crippen molar-refractivity contribution in [2.24, 2.45) is 5.73 Å². The molecule has 14 heavy (non-hydrogen) atoms. The summed E-state index contributed by atoms with van der Waals surface area (Å²) in [6.45, 7) is -0.613. The summed E-state index contributed by atoms with van der Waals surface area (Å²) in [7, 11) is 0. The van der Waals surface area contributed by atoms with Gasteiger partial charge in [-0.05, 0) is 12.5 Å². The Kier molecular flexibility index (Phi) is 5.57. The molecule has 0 bridgehead atoms. The summed E-state index contributed by atoms with van der Waals surface area (Å²) < 4.78 is 37.3. The van der Waals surface area contributed by atoms with E-state index in [9.17, 15) is 13.2 Å². The molecule has 0 aliphatic carbocycles. The Morgan fingerprint density at radius 3 is 2.43 bits per heavy atom. The van der Waals surface area contributed by atoms with Crippen LogP contribution in [-0.2, 0) is 0 Å². The zero-order chi connectivity index (χ0) is 9.84. The average molecular weight is 226 g/mol. The summed E-state index contributed by atoms with van der Waals surface area (Å²) in [5.41, 5.74) is 5.61. The maximum atomic E-state index is 13.0. The van der Waals surface area contributed by atoms with Gasteiger partial charge in [0.15, 0.2) is 0 Å². The Balaban J connectivity index is 0.00000169. The highest BCUT2D eigenvalue weighted by Crippen LogP contribution is 2.18. The van der Waals surface area contributed by atoms with Gasteiger partial charge in [0.2, 0.25) is 0 Å². The van der Waals surface area contributed by atoms with Crippen molar-refractivity contribution in [2.45, 2.75) is 12.5 Å². The lowest BCUT2D eigenvalue weighted by Gasteiger charge is -2.10. The van der Waals surface area contributed by atoms with Gasteiger partial charge in [0.1, 0.15) is 11.6 Å². The molecular weight excluding hydrogens is 215 g/mol. The molecular formula is C9H11ClF3N. The molecule has 80 valence electrons. The lowest BCUT2D eigenvalue weighted by atomic mass is 10.0. The lowest BCUT2D eigenvalue weighted by molar-refractivity contribution is 0.434. The molecule has 1 nitrogen and oxygen atoms in total. The van der Waals surface area contributed by atoms with Crippen LogP contribution in [0.2, 0.25) is 0 Å². The van der Waals surface area contributed by atoms with Gasteiger partial charge in [-0.15, -0.1) is 12.4 Å². The van der Waals surface area contributed by atoms with Crippen LogP contribution in [0.4, 0.5) is 13.2 Å². The Morgan fingerprint density at radius 1 is 1.29 bits per heavy atom. The Labute approximate surface area is 86.5 Å². The van der Waals surface area contributed by atoms with E-state index in [1.165, 1.54) is 6.07 Å². The van der Waals surface area contributed by atoms with Gasteiger partial charge in [0.25, 0.3) is 0 Å². The second-order valence-electron chi connectivity index (χ2n) is 2.75. The number of hydrogen-bond donors (Lipinski definition) is 1. The summed E-state index contributed by atoms with van der Waals surface area (Å²) >= 11 is 0. The molecule has 0 heterocycles. The molecule has 0 radical (unpaired) electrons. The van der Waals surface area contributed by atoms with Crippen LogP contribution in [0.5, 0.6) is 0 Å². The molecule has 0 saturated heterocycles. The maximum absolute atomic E-state index is 13.0. The quantitative estimate of drug-likeness (QED) is 0.841. The Bertz CT molecular complexity index is 293. The van der Waals surface area contributed by atoms with Gasteiger partial charge >= 0.3 is 0 Å². The summed E-state index contributed by atoms with van der Waals surface area (Å²) in [6, 6.07) is 2.39. The fourth-order valence-corrected chi connectivity index (χ4v) is 1.08. The molecule has 0 fully saturated rings. The van der Waals surface area contributed by atoms with Gasteiger partial charge in [0, 0.05) is 17.7 Å². The van der Waals surface area contributed by atoms with E-state index in [2.05, 4.69) is 0 Å². The topological polar surface area (TPSA) is 26.0 Å². The van der Waals surface area contributed by atoms with Gasteiger partial charge in [-0.25, -0.2) is 8.78 Å². The molecule has 0 spiro atoms. The molecule has 0 aliphatic heterocycles. The van der Waals surface area contributed by atoms with E-state index in [-0.39, 0.29) is 24.4 Å². The normalized spacial score (nSPS) is 12.0. The van der Waals surface area contributed by atoms with Crippen molar-refractivity contribution < 1.29 is 13.2 Å². The van der Waals surface area contributed by atoms with Crippen molar-refractivity contribution in [3.8, 4) is 0 Å². The Morgan fingerprint density at radius 2 is 1.93 bits per heavy atom. The molecule has 1 rings (SSSR count). The third kappa shape index (κ3) is 3.20. The number of halogens is 4. The van der Waals surface area contributed by atoms with Crippen molar-refractivity contribution in [2.75, 3.05) is 6.67 Å². The van der Waals surface area contributed by atoms with E-state index in [1.807, 2.05) is 0 Å². The highest BCUT2D eigenvalue weighted by molar-refractivity contribution is 5.85. The minimum Gasteiger partial charge on any atom is -0.324 e. The molecule has 0 aliphatic rings. The minimum absolute atomic E-state index is 0. The smallest absolute Gasteiger partial charge is 0.130 e. The molecule has 1 aromatic rings. The standard InChI is InChI=1S/C9H10F3N.ClH/c10-4-3-9(13)7-2-1-6(11)5-8(7)12;/h1-2,5,9H,3-4,13H2;1H/t9-;/m1./s1. The molecule has 0 saturated carbocycles. The Hall–Kier alpha value is -0.740. The number of benzene rings is 1. The van der Waals surface area contributed by atoms with Crippen LogP contribution < -0.4 is 5.73 Å². The summed E-state index contributed by atoms with van der Waals surface area (Å²) in [5.74, 6) is -1.38. The van der Waals surface area contributed by atoms with Crippen LogP contribution in [0.1, 0.15) is 18.0 Å². The maximum Gasteiger partial charge on any atom is 0.130 e. The lowest BCUT2D eigenvalue weighted by Crippen LogP contribution is -2.12. The van der Waals surface area contributed by atoms with E-state index >= 15 is 0 Å². The highest BCUT2D eigenvalue weighted by Gasteiger charge is 2.11. The zero-order valence-corrected chi connectivity index (χ0v) is 8.16. The summed E-state index contributed by atoms with van der Waals surface area (Å²) in [5, 5.41) is 0.